The third-order valence-corrected chi connectivity index (χ3v) is 1.51. The van der Waals surface area contributed by atoms with Gasteiger partial charge in [0.1, 0.15) is 6.29 Å². The molecule has 0 aliphatic rings. The van der Waals surface area contributed by atoms with Crippen molar-refractivity contribution in [3.8, 4) is 0 Å². The minimum atomic E-state index is 0.682. The maximum atomic E-state index is 10.3. The Bertz CT molecular complexity index is 301. The zero-order valence-corrected chi connectivity index (χ0v) is 7.77. The minimum Gasteiger partial charge on any atom is -0.303 e. The molecular weight excluding hydrogens is 164 g/mol. The van der Waals surface area contributed by atoms with Crippen LogP contribution in [0, 0.1) is 0 Å². The summed E-state index contributed by atoms with van der Waals surface area (Å²) < 4.78 is 0. The molecule has 0 aromatic heterocycles. The molecule has 0 heterocycles. The quantitative estimate of drug-likeness (QED) is 0.396. The molecule has 0 atom stereocenters. The topological polar surface area (TPSA) is 32.7 Å². The molecule has 1 rings (SSSR count). The summed E-state index contributed by atoms with van der Waals surface area (Å²) in [5.41, 5.74) is 1.67. The first-order valence-corrected chi connectivity index (χ1v) is 3.99. The summed E-state index contributed by atoms with van der Waals surface area (Å²) in [6.45, 7) is 0. The van der Waals surface area contributed by atoms with Crippen molar-refractivity contribution in [1.82, 2.24) is 5.01 Å². The number of carbonyl (C=O) groups is 1. The number of hydrogen-bond acceptors (Lipinski definition) is 3. The summed E-state index contributed by atoms with van der Waals surface area (Å²) >= 11 is 0. The largest absolute Gasteiger partial charge is 0.303 e. The standard InChI is InChI=1S/C10H12N2O/c1-12(2)11-7-9-3-5-10(8-13)6-4-9/h3-8H,1-2H3. The van der Waals surface area contributed by atoms with Crippen LogP contribution >= 0.6 is 0 Å². The van der Waals surface area contributed by atoms with Crippen LogP contribution in [0.4, 0.5) is 0 Å². The van der Waals surface area contributed by atoms with Crippen molar-refractivity contribution in [2.75, 3.05) is 14.1 Å². The molecule has 0 aliphatic carbocycles. The van der Waals surface area contributed by atoms with Crippen LogP contribution in [-0.4, -0.2) is 31.6 Å². The van der Waals surface area contributed by atoms with Crippen molar-refractivity contribution in [1.29, 1.82) is 0 Å². The molecule has 3 nitrogen and oxygen atoms in total. The van der Waals surface area contributed by atoms with E-state index >= 15 is 0 Å². The molecule has 0 saturated heterocycles. The Balaban J connectivity index is 2.75. The molecule has 13 heavy (non-hydrogen) atoms. The minimum absolute atomic E-state index is 0.682. The van der Waals surface area contributed by atoms with Gasteiger partial charge in [0, 0.05) is 19.7 Å². The molecule has 0 amide bonds. The van der Waals surface area contributed by atoms with Gasteiger partial charge in [-0.25, -0.2) is 0 Å². The molecule has 0 radical (unpaired) electrons. The molecule has 0 unspecified atom stereocenters. The summed E-state index contributed by atoms with van der Waals surface area (Å²) in [6, 6.07) is 7.25. The SMILES string of the molecule is CN(C)N=Cc1ccc(C=O)cc1. The summed E-state index contributed by atoms with van der Waals surface area (Å²) in [7, 11) is 3.71. The van der Waals surface area contributed by atoms with E-state index in [9.17, 15) is 4.79 Å². The summed E-state index contributed by atoms with van der Waals surface area (Å²) in [5, 5.41) is 5.79. The highest BCUT2D eigenvalue weighted by molar-refractivity contribution is 5.82. The van der Waals surface area contributed by atoms with Gasteiger partial charge in [0.05, 0.1) is 6.21 Å². The van der Waals surface area contributed by atoms with Gasteiger partial charge >= 0.3 is 0 Å². The van der Waals surface area contributed by atoms with Crippen LogP contribution in [0.3, 0.4) is 0 Å². The lowest BCUT2D eigenvalue weighted by Crippen LogP contribution is -2.01. The van der Waals surface area contributed by atoms with Crippen LogP contribution in [0.5, 0.6) is 0 Å². The maximum absolute atomic E-state index is 10.3. The number of carbonyl (C=O) groups excluding carboxylic acids is 1. The molecule has 1 aromatic carbocycles. The van der Waals surface area contributed by atoms with Gasteiger partial charge in [0.25, 0.3) is 0 Å². The van der Waals surface area contributed by atoms with Crippen LogP contribution in [-0.2, 0) is 0 Å². The average Bonchev–Trinajstić information content (AvgIpc) is 2.15. The fourth-order valence-electron chi connectivity index (χ4n) is 0.843. The van der Waals surface area contributed by atoms with E-state index in [0.29, 0.717) is 5.56 Å². The van der Waals surface area contributed by atoms with Crippen molar-refractivity contribution in [2.24, 2.45) is 5.10 Å². The van der Waals surface area contributed by atoms with Gasteiger partial charge in [0.15, 0.2) is 0 Å². The van der Waals surface area contributed by atoms with Gasteiger partial charge < -0.3 is 5.01 Å². The van der Waals surface area contributed by atoms with Gasteiger partial charge in [-0.05, 0) is 5.56 Å². The van der Waals surface area contributed by atoms with E-state index in [-0.39, 0.29) is 0 Å². The summed E-state index contributed by atoms with van der Waals surface area (Å²) in [5.74, 6) is 0. The number of aldehydes is 1. The maximum Gasteiger partial charge on any atom is 0.150 e. The molecule has 3 heteroatoms. The van der Waals surface area contributed by atoms with Gasteiger partial charge in [-0.1, -0.05) is 24.3 Å². The van der Waals surface area contributed by atoms with Crippen molar-refractivity contribution >= 4 is 12.5 Å². The van der Waals surface area contributed by atoms with Crippen LogP contribution in [0.15, 0.2) is 29.4 Å². The van der Waals surface area contributed by atoms with E-state index in [0.717, 1.165) is 11.8 Å². The zero-order chi connectivity index (χ0) is 9.68. The molecule has 68 valence electrons. The molecule has 0 N–H and O–H groups in total. The lowest BCUT2D eigenvalue weighted by Gasteiger charge is -2.01. The van der Waals surface area contributed by atoms with Gasteiger partial charge in [-0.2, -0.15) is 5.10 Å². The van der Waals surface area contributed by atoms with Gasteiger partial charge in [-0.3, -0.25) is 4.79 Å². The van der Waals surface area contributed by atoms with Crippen LogP contribution < -0.4 is 0 Å². The van der Waals surface area contributed by atoms with Gasteiger partial charge in [-0.15, -0.1) is 0 Å². The molecule has 0 bridgehead atoms. The molecule has 0 aliphatic heterocycles. The molecular formula is C10H12N2O. The highest BCUT2D eigenvalue weighted by Crippen LogP contribution is 1.99. The zero-order valence-electron chi connectivity index (χ0n) is 7.77. The van der Waals surface area contributed by atoms with E-state index in [1.54, 1.807) is 23.4 Å². The second-order valence-corrected chi connectivity index (χ2v) is 2.88. The second-order valence-electron chi connectivity index (χ2n) is 2.88. The van der Waals surface area contributed by atoms with E-state index in [4.69, 9.17) is 0 Å². The van der Waals surface area contributed by atoms with Crippen LogP contribution in [0.1, 0.15) is 15.9 Å². The summed E-state index contributed by atoms with van der Waals surface area (Å²) in [6.07, 6.45) is 2.57. The smallest absolute Gasteiger partial charge is 0.150 e. The lowest BCUT2D eigenvalue weighted by atomic mass is 10.2. The van der Waals surface area contributed by atoms with Crippen molar-refractivity contribution in [3.05, 3.63) is 35.4 Å². The normalized spacial score (nSPS) is 10.3. The third-order valence-electron chi connectivity index (χ3n) is 1.51. The molecule has 0 fully saturated rings. The predicted molar refractivity (Wildman–Crippen MR) is 53.1 cm³/mol. The summed E-state index contributed by atoms with van der Waals surface area (Å²) in [4.78, 5) is 10.3. The van der Waals surface area contributed by atoms with E-state index in [2.05, 4.69) is 5.10 Å². The monoisotopic (exact) mass is 176 g/mol. The Morgan fingerprint density at radius 2 is 1.69 bits per heavy atom. The highest BCUT2D eigenvalue weighted by Gasteiger charge is 1.89. The Hall–Kier alpha value is -1.64. The number of hydrazone groups is 1. The Labute approximate surface area is 77.7 Å². The predicted octanol–water partition coefficient (Wildman–Crippen LogP) is 1.39. The van der Waals surface area contributed by atoms with Crippen molar-refractivity contribution < 1.29 is 4.79 Å². The van der Waals surface area contributed by atoms with Gasteiger partial charge in [0.2, 0.25) is 0 Å². The second kappa shape index (κ2) is 4.40. The lowest BCUT2D eigenvalue weighted by molar-refractivity contribution is 0.112. The van der Waals surface area contributed by atoms with Crippen molar-refractivity contribution in [3.63, 3.8) is 0 Å². The number of benzene rings is 1. The van der Waals surface area contributed by atoms with Crippen LogP contribution in [0.25, 0.3) is 0 Å². The first-order valence-electron chi connectivity index (χ1n) is 3.99. The van der Waals surface area contributed by atoms with E-state index < -0.39 is 0 Å². The number of hydrogen-bond donors (Lipinski definition) is 0. The molecule has 1 aromatic rings. The molecule has 0 saturated carbocycles. The van der Waals surface area contributed by atoms with Crippen LogP contribution in [0.2, 0.25) is 0 Å². The fraction of sp³-hybridized carbons (Fsp3) is 0.200. The van der Waals surface area contributed by atoms with Crippen molar-refractivity contribution in [2.45, 2.75) is 0 Å². The first kappa shape index (κ1) is 9.45. The van der Waals surface area contributed by atoms with E-state index in [1.807, 2.05) is 26.2 Å². The van der Waals surface area contributed by atoms with E-state index in [1.165, 1.54) is 0 Å². The number of rotatable bonds is 3. The third kappa shape index (κ3) is 3.07. The average molecular weight is 176 g/mol. The Morgan fingerprint density at radius 1 is 1.15 bits per heavy atom. The highest BCUT2D eigenvalue weighted by atomic mass is 16.1. The fourth-order valence-corrected chi connectivity index (χ4v) is 0.843. The molecule has 0 spiro atoms. The number of nitrogens with zero attached hydrogens (tertiary/aromatic N) is 2. The Kier molecular flexibility index (Phi) is 3.20. The first-order chi connectivity index (χ1) is 6.22. The Morgan fingerprint density at radius 3 is 2.15 bits per heavy atom.